The first-order valence-corrected chi connectivity index (χ1v) is 10.9. The molecule has 0 atom stereocenters. The lowest BCUT2D eigenvalue weighted by molar-refractivity contribution is 0.414. The Hall–Kier alpha value is -4.30. The molecule has 0 radical (unpaired) electrons. The zero-order valence-electron chi connectivity index (χ0n) is 18.9. The van der Waals surface area contributed by atoms with Crippen molar-refractivity contribution in [3.8, 4) is 34.3 Å². The summed E-state index contributed by atoms with van der Waals surface area (Å²) in [5, 5.41) is 9.19. The molecule has 3 aromatic carbocycles. The molecule has 0 saturated heterocycles. The first-order valence-electron chi connectivity index (χ1n) is 10.9. The molecule has 0 aliphatic rings. The third-order valence-corrected chi connectivity index (χ3v) is 6.01. The van der Waals surface area contributed by atoms with Crippen LogP contribution >= 0.6 is 0 Å². The fraction of sp³-hybridized carbons (Fsp3) is 0.143. The van der Waals surface area contributed by atoms with Crippen LogP contribution < -0.4 is 4.74 Å². The van der Waals surface area contributed by atoms with E-state index in [9.17, 15) is 5.26 Å². The number of imidazole rings is 2. The van der Waals surface area contributed by atoms with Crippen LogP contribution in [-0.2, 0) is 6.54 Å². The van der Waals surface area contributed by atoms with Gasteiger partial charge in [-0.15, -0.1) is 0 Å². The number of nitrogens with zero attached hydrogens (tertiary/aromatic N) is 4. The molecule has 5 heteroatoms. The highest BCUT2D eigenvalue weighted by Gasteiger charge is 2.19. The van der Waals surface area contributed by atoms with Crippen LogP contribution in [0.3, 0.4) is 0 Å². The Morgan fingerprint density at radius 3 is 2.18 bits per heavy atom. The van der Waals surface area contributed by atoms with Gasteiger partial charge in [-0.2, -0.15) is 5.26 Å². The summed E-state index contributed by atoms with van der Waals surface area (Å²) in [6.45, 7) is 4.89. The number of benzene rings is 3. The molecule has 2 heterocycles. The van der Waals surface area contributed by atoms with Gasteiger partial charge in [-0.3, -0.25) is 4.40 Å². The maximum absolute atomic E-state index is 9.19. The van der Waals surface area contributed by atoms with Gasteiger partial charge < -0.3 is 9.30 Å². The first-order chi connectivity index (χ1) is 16.1. The van der Waals surface area contributed by atoms with Crippen molar-refractivity contribution in [1.29, 1.82) is 5.26 Å². The number of nitriles is 1. The number of fused-ring (bicyclic) bond motifs is 1. The minimum Gasteiger partial charge on any atom is -0.497 e. The van der Waals surface area contributed by atoms with Gasteiger partial charge in [-0.05, 0) is 43.7 Å². The van der Waals surface area contributed by atoms with Crippen LogP contribution in [0, 0.1) is 25.2 Å². The molecule has 162 valence electrons. The standard InChI is InChI=1S/C28H24N4O/c1-19-4-10-24(11-5-19)27-20(2)32-26(23-12-6-21(16-29)7-13-23)18-31(28(32)30-27)17-22-8-14-25(33-3)15-9-22/h4-15,18H,17H2,1-3H3. The summed E-state index contributed by atoms with van der Waals surface area (Å²) in [7, 11) is 1.67. The fourth-order valence-corrected chi connectivity index (χ4v) is 4.18. The summed E-state index contributed by atoms with van der Waals surface area (Å²) in [5.74, 6) is 1.73. The molecule has 0 unspecified atom stereocenters. The van der Waals surface area contributed by atoms with Crippen molar-refractivity contribution in [1.82, 2.24) is 14.0 Å². The summed E-state index contributed by atoms with van der Waals surface area (Å²) in [6, 6.07) is 26.5. The van der Waals surface area contributed by atoms with Crippen LogP contribution in [0.1, 0.15) is 22.4 Å². The SMILES string of the molecule is COc1ccc(Cn2cc(-c3ccc(C#N)cc3)n3c(C)c(-c4ccc(C)cc4)nc23)cc1. The van der Waals surface area contributed by atoms with Crippen molar-refractivity contribution in [3.05, 3.63) is 101 Å². The predicted octanol–water partition coefficient (Wildman–Crippen LogP) is 6.02. The average Bonchev–Trinajstić information content (AvgIpc) is 3.38. The lowest BCUT2D eigenvalue weighted by atomic mass is 10.1. The Morgan fingerprint density at radius 2 is 1.55 bits per heavy atom. The second kappa shape index (κ2) is 8.33. The maximum Gasteiger partial charge on any atom is 0.215 e. The third-order valence-electron chi connectivity index (χ3n) is 6.01. The molecule has 0 aliphatic carbocycles. The van der Waals surface area contributed by atoms with Crippen molar-refractivity contribution >= 4 is 5.78 Å². The fourth-order valence-electron chi connectivity index (χ4n) is 4.18. The number of aromatic nitrogens is 3. The van der Waals surface area contributed by atoms with E-state index < -0.39 is 0 Å². The van der Waals surface area contributed by atoms with Crippen LogP contribution in [0.4, 0.5) is 0 Å². The van der Waals surface area contributed by atoms with E-state index >= 15 is 0 Å². The molecule has 0 N–H and O–H groups in total. The van der Waals surface area contributed by atoms with Crippen molar-refractivity contribution in [2.45, 2.75) is 20.4 Å². The van der Waals surface area contributed by atoms with E-state index in [4.69, 9.17) is 9.72 Å². The van der Waals surface area contributed by atoms with E-state index in [1.54, 1.807) is 7.11 Å². The van der Waals surface area contributed by atoms with Crippen LogP contribution in [0.5, 0.6) is 5.75 Å². The number of hydrogen-bond acceptors (Lipinski definition) is 3. The van der Waals surface area contributed by atoms with Crippen molar-refractivity contribution < 1.29 is 4.74 Å². The van der Waals surface area contributed by atoms with Crippen LogP contribution in [-0.4, -0.2) is 21.1 Å². The quantitative estimate of drug-likeness (QED) is 0.341. The molecule has 0 saturated carbocycles. The molecule has 0 bridgehead atoms. The van der Waals surface area contributed by atoms with Gasteiger partial charge in [0.25, 0.3) is 0 Å². The van der Waals surface area contributed by atoms with Crippen molar-refractivity contribution in [2.24, 2.45) is 0 Å². The van der Waals surface area contributed by atoms with E-state index in [0.717, 1.165) is 45.3 Å². The minimum atomic E-state index is 0.648. The summed E-state index contributed by atoms with van der Waals surface area (Å²) in [5.41, 5.74) is 8.29. The zero-order chi connectivity index (χ0) is 22.9. The van der Waals surface area contributed by atoms with Crippen molar-refractivity contribution in [2.75, 3.05) is 7.11 Å². The minimum absolute atomic E-state index is 0.648. The van der Waals surface area contributed by atoms with Crippen LogP contribution in [0.15, 0.2) is 79.0 Å². The van der Waals surface area contributed by atoms with Gasteiger partial charge in [-0.25, -0.2) is 4.98 Å². The van der Waals surface area contributed by atoms with Crippen molar-refractivity contribution in [3.63, 3.8) is 0 Å². The van der Waals surface area contributed by atoms with E-state index in [1.807, 2.05) is 36.4 Å². The van der Waals surface area contributed by atoms with E-state index in [1.165, 1.54) is 5.56 Å². The Kier molecular flexibility index (Phi) is 5.20. The molecule has 5 rings (SSSR count). The highest BCUT2D eigenvalue weighted by Crippen LogP contribution is 2.31. The molecule has 0 aliphatic heterocycles. The Morgan fingerprint density at radius 1 is 0.879 bits per heavy atom. The molecule has 0 amide bonds. The number of rotatable bonds is 5. The highest BCUT2D eigenvalue weighted by molar-refractivity contribution is 5.71. The van der Waals surface area contributed by atoms with E-state index in [-0.39, 0.29) is 0 Å². The molecule has 5 aromatic rings. The Bertz CT molecular complexity index is 1470. The molecule has 0 fully saturated rings. The lowest BCUT2D eigenvalue weighted by Crippen LogP contribution is -1.99. The zero-order valence-corrected chi connectivity index (χ0v) is 18.9. The lowest BCUT2D eigenvalue weighted by Gasteiger charge is -2.05. The second-order valence-electron chi connectivity index (χ2n) is 8.23. The van der Waals surface area contributed by atoms with Gasteiger partial charge in [-0.1, -0.05) is 54.1 Å². The van der Waals surface area contributed by atoms with Gasteiger partial charge in [0.1, 0.15) is 5.75 Å². The normalized spacial score (nSPS) is 11.0. The number of ether oxygens (including phenoxy) is 1. The number of aryl methyl sites for hydroxylation is 2. The van der Waals surface area contributed by atoms with Gasteiger partial charge in [0.05, 0.1) is 36.7 Å². The number of methoxy groups -OCH3 is 1. The summed E-state index contributed by atoms with van der Waals surface area (Å²) >= 11 is 0. The monoisotopic (exact) mass is 432 g/mol. The molecule has 5 nitrogen and oxygen atoms in total. The van der Waals surface area contributed by atoms with Crippen LogP contribution in [0.25, 0.3) is 28.3 Å². The van der Waals surface area contributed by atoms with Gasteiger partial charge in [0, 0.05) is 23.0 Å². The molecule has 33 heavy (non-hydrogen) atoms. The molecular weight excluding hydrogens is 408 g/mol. The largest absolute Gasteiger partial charge is 0.497 e. The topological polar surface area (TPSA) is 55.2 Å². The van der Waals surface area contributed by atoms with E-state index in [2.05, 4.69) is 71.5 Å². The molecule has 0 spiro atoms. The maximum atomic E-state index is 9.19. The third kappa shape index (κ3) is 3.77. The Balaban J connectivity index is 1.67. The first kappa shape index (κ1) is 20.6. The number of hydrogen-bond donors (Lipinski definition) is 0. The Labute approximate surface area is 193 Å². The predicted molar refractivity (Wildman–Crippen MR) is 130 cm³/mol. The smallest absolute Gasteiger partial charge is 0.215 e. The van der Waals surface area contributed by atoms with E-state index in [0.29, 0.717) is 12.1 Å². The summed E-state index contributed by atoms with van der Waals surface area (Å²) in [6.07, 6.45) is 2.14. The second-order valence-corrected chi connectivity index (χ2v) is 8.23. The van der Waals surface area contributed by atoms with Gasteiger partial charge >= 0.3 is 0 Å². The molecule has 2 aromatic heterocycles. The van der Waals surface area contributed by atoms with Crippen LogP contribution in [0.2, 0.25) is 0 Å². The summed E-state index contributed by atoms with van der Waals surface area (Å²) in [4.78, 5) is 5.07. The highest BCUT2D eigenvalue weighted by atomic mass is 16.5. The molecular formula is C28H24N4O. The van der Waals surface area contributed by atoms with Gasteiger partial charge in [0.15, 0.2) is 0 Å². The average molecular weight is 433 g/mol. The summed E-state index contributed by atoms with van der Waals surface area (Å²) < 4.78 is 9.69. The van der Waals surface area contributed by atoms with Gasteiger partial charge in [0.2, 0.25) is 5.78 Å².